The molecule has 0 bridgehead atoms. The molecule has 0 saturated heterocycles. The van der Waals surface area contributed by atoms with Crippen LogP contribution in [0.4, 0.5) is 0 Å². The Bertz CT molecular complexity index is 566. The number of thioether (sulfide) groups is 1. The van der Waals surface area contributed by atoms with E-state index in [0.29, 0.717) is 17.8 Å². The van der Waals surface area contributed by atoms with E-state index >= 15 is 0 Å². The van der Waals surface area contributed by atoms with Crippen LogP contribution in [-0.2, 0) is 4.79 Å². The van der Waals surface area contributed by atoms with Crippen molar-refractivity contribution in [3.05, 3.63) is 12.7 Å². The first-order chi connectivity index (χ1) is 8.50. The molecule has 18 heavy (non-hydrogen) atoms. The average Bonchev–Trinajstić information content (AvgIpc) is 2.77. The van der Waals surface area contributed by atoms with Gasteiger partial charge in [-0.3, -0.25) is 4.79 Å². The van der Waals surface area contributed by atoms with Gasteiger partial charge >= 0.3 is 0 Å². The fourth-order valence-electron chi connectivity index (χ4n) is 1.34. The number of aromatic nitrogens is 4. The number of nitrogens with zero attached hydrogens (tertiary/aromatic N) is 3. The quantitative estimate of drug-likeness (QED) is 0.518. The van der Waals surface area contributed by atoms with Gasteiger partial charge < -0.3 is 16.5 Å². The van der Waals surface area contributed by atoms with Crippen molar-refractivity contribution in [3.8, 4) is 0 Å². The van der Waals surface area contributed by atoms with Gasteiger partial charge in [0.05, 0.1) is 11.9 Å². The maximum Gasteiger partial charge on any atom is 0.237 e. The SMILES string of the molecule is CC(N)(CCSc1ncnc2nc[nH]c12)C(N)=O. The molecule has 96 valence electrons. The summed E-state index contributed by atoms with van der Waals surface area (Å²) in [5.74, 6) is 0.138. The molecule has 5 N–H and O–H groups in total. The summed E-state index contributed by atoms with van der Waals surface area (Å²) >= 11 is 1.49. The van der Waals surface area contributed by atoms with Crippen LogP contribution in [0.1, 0.15) is 13.3 Å². The molecule has 0 aliphatic rings. The number of hydrogen-bond donors (Lipinski definition) is 3. The van der Waals surface area contributed by atoms with Crippen molar-refractivity contribution < 1.29 is 4.79 Å². The number of rotatable bonds is 5. The van der Waals surface area contributed by atoms with Gasteiger partial charge in [-0.05, 0) is 13.3 Å². The first kappa shape index (κ1) is 12.8. The number of carbonyl (C=O) groups is 1. The fraction of sp³-hybridized carbons (Fsp3) is 0.400. The van der Waals surface area contributed by atoms with Crippen molar-refractivity contribution in [3.63, 3.8) is 0 Å². The maximum atomic E-state index is 11.1. The van der Waals surface area contributed by atoms with E-state index in [1.165, 1.54) is 18.1 Å². The maximum absolute atomic E-state index is 11.1. The zero-order chi connectivity index (χ0) is 13.2. The highest BCUT2D eigenvalue weighted by atomic mass is 32.2. The van der Waals surface area contributed by atoms with E-state index < -0.39 is 11.4 Å². The van der Waals surface area contributed by atoms with E-state index in [9.17, 15) is 4.79 Å². The number of H-pyrrole nitrogens is 1. The Labute approximate surface area is 108 Å². The minimum absolute atomic E-state index is 0.479. The Morgan fingerprint density at radius 1 is 1.50 bits per heavy atom. The number of aromatic amines is 1. The molecule has 0 spiro atoms. The zero-order valence-corrected chi connectivity index (χ0v) is 10.7. The van der Waals surface area contributed by atoms with Gasteiger partial charge in [0, 0.05) is 5.75 Å². The van der Waals surface area contributed by atoms with Crippen molar-refractivity contribution in [2.75, 3.05) is 5.75 Å². The largest absolute Gasteiger partial charge is 0.368 e. The molecule has 0 radical (unpaired) electrons. The minimum Gasteiger partial charge on any atom is -0.368 e. The van der Waals surface area contributed by atoms with E-state index in [4.69, 9.17) is 11.5 Å². The Hall–Kier alpha value is -1.67. The standard InChI is InChI=1S/C10H14N6OS/c1-10(12,9(11)17)2-3-18-8-6-7(14-4-13-6)15-5-16-8/h4-5H,2-3,12H2,1H3,(H2,11,17)(H,13,14,15,16). The third-order valence-corrected chi connectivity index (χ3v) is 3.60. The summed E-state index contributed by atoms with van der Waals surface area (Å²) in [6.45, 7) is 1.63. The lowest BCUT2D eigenvalue weighted by Crippen LogP contribution is -2.49. The molecular weight excluding hydrogens is 252 g/mol. The fourth-order valence-corrected chi connectivity index (χ4v) is 2.47. The molecule has 1 amide bonds. The third kappa shape index (κ3) is 2.59. The summed E-state index contributed by atoms with van der Waals surface area (Å²) < 4.78 is 0. The van der Waals surface area contributed by atoms with Crippen LogP contribution in [0.2, 0.25) is 0 Å². The molecule has 0 aliphatic carbocycles. The molecule has 1 atom stereocenters. The van der Waals surface area contributed by atoms with Crippen LogP contribution < -0.4 is 11.5 Å². The van der Waals surface area contributed by atoms with Crippen molar-refractivity contribution >= 4 is 28.8 Å². The molecule has 8 heteroatoms. The predicted molar refractivity (Wildman–Crippen MR) is 68.8 cm³/mol. The Morgan fingerprint density at radius 3 is 3.00 bits per heavy atom. The van der Waals surface area contributed by atoms with Crippen LogP contribution in [-0.4, -0.2) is 37.1 Å². The highest BCUT2D eigenvalue weighted by Crippen LogP contribution is 2.23. The zero-order valence-electron chi connectivity index (χ0n) is 9.88. The van der Waals surface area contributed by atoms with Crippen molar-refractivity contribution in [1.82, 2.24) is 19.9 Å². The summed E-state index contributed by atoms with van der Waals surface area (Å²) in [6.07, 6.45) is 3.51. The lowest BCUT2D eigenvalue weighted by molar-refractivity contribution is -0.122. The van der Waals surface area contributed by atoms with Crippen molar-refractivity contribution in [1.29, 1.82) is 0 Å². The molecule has 0 saturated carbocycles. The molecule has 2 aromatic rings. The van der Waals surface area contributed by atoms with E-state index in [0.717, 1.165) is 10.5 Å². The lowest BCUT2D eigenvalue weighted by Gasteiger charge is -2.19. The first-order valence-electron chi connectivity index (χ1n) is 5.36. The second kappa shape index (κ2) is 4.91. The Kier molecular flexibility index (Phi) is 3.48. The van der Waals surface area contributed by atoms with Gasteiger partial charge in [0.1, 0.15) is 16.9 Å². The second-order valence-corrected chi connectivity index (χ2v) is 5.24. The summed E-state index contributed by atoms with van der Waals surface area (Å²) in [5, 5.41) is 0.790. The van der Waals surface area contributed by atoms with Crippen LogP contribution in [0.3, 0.4) is 0 Å². The van der Waals surface area contributed by atoms with Gasteiger partial charge in [0.25, 0.3) is 0 Å². The Balaban J connectivity index is 2.03. The number of carbonyl (C=O) groups excluding carboxylic acids is 1. The Morgan fingerprint density at radius 2 is 2.28 bits per heavy atom. The van der Waals surface area contributed by atoms with Crippen LogP contribution in [0.5, 0.6) is 0 Å². The predicted octanol–water partition coefficient (Wildman–Crippen LogP) is 0.0378. The number of nitrogens with one attached hydrogen (secondary N) is 1. The molecular formula is C10H14N6OS. The number of primary amides is 1. The molecule has 2 rings (SSSR count). The highest BCUT2D eigenvalue weighted by Gasteiger charge is 2.25. The number of nitrogens with two attached hydrogens (primary N) is 2. The third-order valence-electron chi connectivity index (χ3n) is 2.61. The van der Waals surface area contributed by atoms with E-state index in [1.807, 2.05) is 0 Å². The number of hydrogen-bond acceptors (Lipinski definition) is 6. The first-order valence-corrected chi connectivity index (χ1v) is 6.35. The molecule has 2 aromatic heterocycles. The normalized spacial score (nSPS) is 14.6. The smallest absolute Gasteiger partial charge is 0.237 e. The van der Waals surface area contributed by atoms with Gasteiger partial charge in [0.2, 0.25) is 5.91 Å². The molecule has 2 heterocycles. The number of fused-ring (bicyclic) bond motifs is 1. The second-order valence-electron chi connectivity index (χ2n) is 4.16. The summed E-state index contributed by atoms with van der Waals surface area (Å²) in [5.41, 5.74) is 11.4. The highest BCUT2D eigenvalue weighted by molar-refractivity contribution is 7.99. The van der Waals surface area contributed by atoms with E-state index in [2.05, 4.69) is 19.9 Å². The van der Waals surface area contributed by atoms with Gasteiger partial charge in [-0.25, -0.2) is 15.0 Å². The van der Waals surface area contributed by atoms with Crippen molar-refractivity contribution in [2.45, 2.75) is 23.9 Å². The topological polar surface area (TPSA) is 124 Å². The van der Waals surface area contributed by atoms with E-state index in [-0.39, 0.29) is 0 Å². The van der Waals surface area contributed by atoms with Crippen LogP contribution in [0.25, 0.3) is 11.2 Å². The summed E-state index contributed by atoms with van der Waals surface area (Å²) in [6, 6.07) is 0. The lowest BCUT2D eigenvalue weighted by atomic mass is 10.0. The molecule has 0 aliphatic heterocycles. The van der Waals surface area contributed by atoms with Gasteiger partial charge in [-0.15, -0.1) is 11.8 Å². The van der Waals surface area contributed by atoms with Crippen LogP contribution in [0.15, 0.2) is 17.7 Å². The molecule has 1 unspecified atom stereocenters. The average molecular weight is 266 g/mol. The van der Waals surface area contributed by atoms with Gasteiger partial charge in [-0.2, -0.15) is 0 Å². The van der Waals surface area contributed by atoms with Gasteiger partial charge in [0.15, 0.2) is 5.65 Å². The monoisotopic (exact) mass is 266 g/mol. The number of amides is 1. The van der Waals surface area contributed by atoms with Crippen LogP contribution in [0, 0.1) is 0 Å². The number of imidazole rings is 1. The molecule has 0 fully saturated rings. The van der Waals surface area contributed by atoms with Gasteiger partial charge in [-0.1, -0.05) is 0 Å². The summed E-state index contributed by atoms with van der Waals surface area (Å²) in [4.78, 5) is 26.3. The van der Waals surface area contributed by atoms with Crippen LogP contribution >= 0.6 is 11.8 Å². The van der Waals surface area contributed by atoms with E-state index in [1.54, 1.807) is 13.3 Å². The molecule has 7 nitrogen and oxygen atoms in total. The molecule has 0 aromatic carbocycles. The van der Waals surface area contributed by atoms with Crippen molar-refractivity contribution in [2.24, 2.45) is 11.5 Å². The summed E-state index contributed by atoms with van der Waals surface area (Å²) in [7, 11) is 0. The minimum atomic E-state index is -0.993.